The van der Waals surface area contributed by atoms with Crippen LogP contribution in [0.25, 0.3) is 0 Å². The summed E-state index contributed by atoms with van der Waals surface area (Å²) in [6.45, 7) is 2.27. The van der Waals surface area contributed by atoms with Gasteiger partial charge in [0, 0.05) is 37.3 Å². The van der Waals surface area contributed by atoms with Gasteiger partial charge in [-0.05, 0) is 60.6 Å². The Labute approximate surface area is 151 Å². The number of hydrogen-bond donors (Lipinski definition) is 0. The molecule has 3 aliphatic rings. The zero-order chi connectivity index (χ0) is 17.0. The lowest BCUT2D eigenvalue weighted by molar-refractivity contribution is 0.0598. The van der Waals surface area contributed by atoms with Crippen LogP contribution in [0.2, 0.25) is 0 Å². The van der Waals surface area contributed by atoms with Gasteiger partial charge in [0.05, 0.1) is 4.88 Å². The average Bonchev–Trinajstić information content (AvgIpc) is 3.06. The summed E-state index contributed by atoms with van der Waals surface area (Å²) in [6, 6.07) is 5.56. The number of amides is 1. The molecule has 5 heteroatoms. The molecule has 0 N–H and O–H groups in total. The summed E-state index contributed by atoms with van der Waals surface area (Å²) in [5.41, 5.74) is 3.91. The van der Waals surface area contributed by atoms with Crippen molar-refractivity contribution in [1.82, 2.24) is 9.47 Å². The van der Waals surface area contributed by atoms with E-state index in [2.05, 4.69) is 16.3 Å². The van der Waals surface area contributed by atoms with E-state index in [1.807, 2.05) is 10.6 Å². The first-order valence-electron chi connectivity index (χ1n) is 9.29. The van der Waals surface area contributed by atoms with Crippen molar-refractivity contribution in [2.24, 2.45) is 5.92 Å². The van der Waals surface area contributed by atoms with Crippen LogP contribution in [0, 0.1) is 5.92 Å². The molecular formula is C20H22N2O2S. The molecule has 1 aliphatic carbocycles. The second-order valence-corrected chi connectivity index (χ2v) is 8.56. The van der Waals surface area contributed by atoms with Crippen LogP contribution < -0.4 is 5.56 Å². The molecule has 5 rings (SSSR count). The summed E-state index contributed by atoms with van der Waals surface area (Å²) in [7, 11) is 0. The minimum atomic E-state index is 0.0966. The van der Waals surface area contributed by atoms with E-state index in [0.29, 0.717) is 11.8 Å². The van der Waals surface area contributed by atoms with Crippen LogP contribution in [-0.4, -0.2) is 28.5 Å². The van der Waals surface area contributed by atoms with Crippen LogP contribution in [0.5, 0.6) is 0 Å². The van der Waals surface area contributed by atoms with Crippen molar-refractivity contribution in [2.45, 2.75) is 44.6 Å². The maximum Gasteiger partial charge on any atom is 0.264 e. The smallest absolute Gasteiger partial charge is 0.264 e. The van der Waals surface area contributed by atoms with E-state index in [1.165, 1.54) is 24.0 Å². The van der Waals surface area contributed by atoms with Crippen LogP contribution in [0.15, 0.2) is 28.4 Å². The molecule has 1 saturated heterocycles. The Morgan fingerprint density at radius 1 is 1.12 bits per heavy atom. The number of thiophene rings is 1. The number of hydrogen-bond acceptors (Lipinski definition) is 3. The first-order valence-corrected chi connectivity index (χ1v) is 10.2. The number of rotatable bonds is 1. The monoisotopic (exact) mass is 354 g/mol. The molecule has 4 heterocycles. The van der Waals surface area contributed by atoms with E-state index in [1.54, 1.807) is 17.4 Å². The Kier molecular flexibility index (Phi) is 3.59. The van der Waals surface area contributed by atoms with Gasteiger partial charge >= 0.3 is 0 Å². The number of carbonyl (C=O) groups is 1. The lowest BCUT2D eigenvalue weighted by Gasteiger charge is -2.42. The first kappa shape index (κ1) is 15.4. The summed E-state index contributed by atoms with van der Waals surface area (Å²) in [4.78, 5) is 28.4. The molecule has 2 atom stereocenters. The highest BCUT2D eigenvalue weighted by Crippen LogP contribution is 2.37. The topological polar surface area (TPSA) is 42.3 Å². The van der Waals surface area contributed by atoms with Gasteiger partial charge in [0.15, 0.2) is 0 Å². The van der Waals surface area contributed by atoms with E-state index in [0.717, 1.165) is 49.5 Å². The highest BCUT2D eigenvalue weighted by atomic mass is 32.1. The van der Waals surface area contributed by atoms with Crippen molar-refractivity contribution in [2.75, 3.05) is 13.1 Å². The largest absolute Gasteiger partial charge is 0.337 e. The Bertz CT molecular complexity index is 897. The van der Waals surface area contributed by atoms with Gasteiger partial charge in [-0.2, -0.15) is 0 Å². The van der Waals surface area contributed by atoms with Gasteiger partial charge in [-0.15, -0.1) is 11.3 Å². The fraction of sp³-hybridized carbons (Fsp3) is 0.500. The number of carbonyl (C=O) groups excluding carboxylic acids is 1. The molecule has 0 aromatic carbocycles. The maximum absolute atomic E-state index is 13.2. The van der Waals surface area contributed by atoms with Crippen LogP contribution >= 0.6 is 11.3 Å². The average molecular weight is 354 g/mol. The van der Waals surface area contributed by atoms with E-state index < -0.39 is 0 Å². The molecular weight excluding hydrogens is 332 g/mol. The van der Waals surface area contributed by atoms with Gasteiger partial charge < -0.3 is 9.47 Å². The summed E-state index contributed by atoms with van der Waals surface area (Å²) in [6.07, 6.45) is 5.72. The molecule has 2 aromatic rings. The first-order chi connectivity index (χ1) is 12.2. The predicted octanol–water partition coefficient (Wildman–Crippen LogP) is 3.05. The molecule has 0 radical (unpaired) electrons. The van der Waals surface area contributed by atoms with Crippen molar-refractivity contribution in [1.29, 1.82) is 0 Å². The standard InChI is InChI=1S/C20H22N2O2S/c23-18-7-3-6-17-15-8-13(10-22(17)18)9-21(11-15)20(24)19-16-5-2-1-4-14(16)12-25-19/h3,6-7,12-13,15H,1-2,4-5,8-11H2/t13-,15+/m1/s1. The summed E-state index contributed by atoms with van der Waals surface area (Å²) in [5, 5.41) is 2.20. The zero-order valence-corrected chi connectivity index (χ0v) is 15.1. The highest BCUT2D eigenvalue weighted by Gasteiger charge is 2.37. The second kappa shape index (κ2) is 5.84. The molecule has 130 valence electrons. The van der Waals surface area contributed by atoms with Crippen LogP contribution in [0.3, 0.4) is 0 Å². The fourth-order valence-corrected chi connectivity index (χ4v) is 6.03. The third kappa shape index (κ3) is 2.48. The number of piperidine rings is 1. The predicted molar refractivity (Wildman–Crippen MR) is 98.4 cm³/mol. The number of pyridine rings is 1. The third-order valence-electron chi connectivity index (χ3n) is 6.06. The molecule has 2 bridgehead atoms. The highest BCUT2D eigenvalue weighted by molar-refractivity contribution is 7.12. The van der Waals surface area contributed by atoms with Crippen LogP contribution in [-0.2, 0) is 19.4 Å². The molecule has 1 fully saturated rings. The van der Waals surface area contributed by atoms with Gasteiger partial charge in [-0.3, -0.25) is 9.59 Å². The van der Waals surface area contributed by atoms with E-state index in [-0.39, 0.29) is 11.5 Å². The number of fused-ring (bicyclic) bond motifs is 5. The molecule has 0 unspecified atom stereocenters. The third-order valence-corrected chi connectivity index (χ3v) is 7.12. The Morgan fingerprint density at radius 3 is 2.92 bits per heavy atom. The molecule has 4 nitrogen and oxygen atoms in total. The van der Waals surface area contributed by atoms with Gasteiger partial charge in [0.25, 0.3) is 11.5 Å². The van der Waals surface area contributed by atoms with Crippen LogP contribution in [0.4, 0.5) is 0 Å². The summed E-state index contributed by atoms with van der Waals surface area (Å²) in [5.74, 6) is 0.904. The summed E-state index contributed by atoms with van der Waals surface area (Å²) < 4.78 is 1.92. The molecule has 0 spiro atoms. The van der Waals surface area contributed by atoms with Crippen molar-refractivity contribution >= 4 is 17.2 Å². The maximum atomic E-state index is 13.2. The molecule has 25 heavy (non-hydrogen) atoms. The number of aryl methyl sites for hydroxylation is 1. The van der Waals surface area contributed by atoms with Gasteiger partial charge in [0.2, 0.25) is 0 Å². The Morgan fingerprint density at radius 2 is 2.00 bits per heavy atom. The zero-order valence-electron chi connectivity index (χ0n) is 14.2. The number of nitrogens with zero attached hydrogens (tertiary/aromatic N) is 2. The number of aromatic nitrogens is 1. The number of likely N-dealkylation sites (tertiary alicyclic amines) is 1. The Hall–Kier alpha value is -1.88. The molecule has 1 amide bonds. The van der Waals surface area contributed by atoms with Crippen molar-refractivity contribution in [3.8, 4) is 0 Å². The van der Waals surface area contributed by atoms with E-state index in [9.17, 15) is 9.59 Å². The lowest BCUT2D eigenvalue weighted by atomic mass is 9.83. The minimum Gasteiger partial charge on any atom is -0.337 e. The molecule has 2 aliphatic heterocycles. The van der Waals surface area contributed by atoms with Gasteiger partial charge in [-0.1, -0.05) is 6.07 Å². The Balaban J connectivity index is 1.45. The normalized spacial score (nSPS) is 24.6. The van der Waals surface area contributed by atoms with Crippen molar-refractivity contribution in [3.05, 3.63) is 55.6 Å². The van der Waals surface area contributed by atoms with Crippen molar-refractivity contribution < 1.29 is 4.79 Å². The molecule has 2 aromatic heterocycles. The van der Waals surface area contributed by atoms with Gasteiger partial charge in [-0.25, -0.2) is 0 Å². The lowest BCUT2D eigenvalue weighted by Crippen LogP contribution is -2.49. The van der Waals surface area contributed by atoms with Crippen molar-refractivity contribution in [3.63, 3.8) is 0 Å². The SMILES string of the molecule is O=C(c1scc2c1CCCC2)N1C[C@H]2C[C@@H](C1)c1cccc(=O)n1C2. The van der Waals surface area contributed by atoms with Gasteiger partial charge in [0.1, 0.15) is 0 Å². The second-order valence-electron chi connectivity index (χ2n) is 7.68. The quantitative estimate of drug-likeness (QED) is 0.790. The minimum absolute atomic E-state index is 0.0966. The van der Waals surface area contributed by atoms with Crippen LogP contribution in [0.1, 0.15) is 51.7 Å². The summed E-state index contributed by atoms with van der Waals surface area (Å²) >= 11 is 1.64. The molecule has 0 saturated carbocycles. The van der Waals surface area contributed by atoms with E-state index in [4.69, 9.17) is 0 Å². The van der Waals surface area contributed by atoms with E-state index >= 15 is 0 Å². The fourth-order valence-electron chi connectivity index (χ4n) is 4.90.